The van der Waals surface area contributed by atoms with Crippen LogP contribution in [-0.4, -0.2) is 25.7 Å². The van der Waals surface area contributed by atoms with Crippen LogP contribution in [0.25, 0.3) is 0 Å². The van der Waals surface area contributed by atoms with Crippen molar-refractivity contribution in [3.8, 4) is 0 Å². The standard InChI is InChI=1S/C9H23P/c1-6-8-9(7-2)10(3,4)5/h9-10H,6-8H2,1-5H3. The van der Waals surface area contributed by atoms with E-state index in [0.717, 1.165) is 5.66 Å². The van der Waals surface area contributed by atoms with E-state index in [1.54, 1.807) is 0 Å². The number of hydrogen-bond acceptors (Lipinski definition) is 0. The summed E-state index contributed by atoms with van der Waals surface area (Å²) in [6, 6.07) is 0. The Bertz CT molecular complexity index is 81.2. The van der Waals surface area contributed by atoms with E-state index in [-0.39, 0.29) is 0 Å². The second-order valence-electron chi connectivity index (χ2n) is 4.26. The zero-order chi connectivity index (χ0) is 8.20. The SMILES string of the molecule is CCCC(CC)[PH](C)(C)C. The summed E-state index contributed by atoms with van der Waals surface area (Å²) in [5, 5.41) is 0. The van der Waals surface area contributed by atoms with Crippen molar-refractivity contribution in [2.45, 2.75) is 38.8 Å². The molecule has 0 rings (SSSR count). The van der Waals surface area contributed by atoms with Gasteiger partial charge in [-0.25, -0.2) is 0 Å². The molecule has 0 saturated heterocycles. The molecule has 0 N–H and O–H groups in total. The van der Waals surface area contributed by atoms with Gasteiger partial charge >= 0.3 is 66.0 Å². The maximum atomic E-state index is 2.48. The molecule has 0 aliphatic rings. The van der Waals surface area contributed by atoms with Crippen LogP contribution in [0.5, 0.6) is 0 Å². The molecule has 0 amide bonds. The summed E-state index contributed by atoms with van der Waals surface area (Å²) in [5.74, 6) is 0. The summed E-state index contributed by atoms with van der Waals surface area (Å²) in [5.41, 5.74) is 1.05. The summed E-state index contributed by atoms with van der Waals surface area (Å²) < 4.78 is 0. The van der Waals surface area contributed by atoms with Gasteiger partial charge in [-0.15, -0.1) is 0 Å². The summed E-state index contributed by atoms with van der Waals surface area (Å²) in [4.78, 5) is 0. The third kappa shape index (κ3) is 3.56. The molecule has 0 aromatic carbocycles. The minimum atomic E-state index is -0.808. The molecule has 1 atom stereocenters. The van der Waals surface area contributed by atoms with Gasteiger partial charge in [0.15, 0.2) is 0 Å². The Morgan fingerprint density at radius 3 is 1.70 bits per heavy atom. The molecule has 0 bridgehead atoms. The Morgan fingerprint density at radius 2 is 1.60 bits per heavy atom. The molecule has 0 heterocycles. The predicted molar refractivity (Wildman–Crippen MR) is 55.1 cm³/mol. The predicted octanol–water partition coefficient (Wildman–Crippen LogP) is 3.20. The van der Waals surface area contributed by atoms with E-state index in [2.05, 4.69) is 33.8 Å². The zero-order valence-corrected chi connectivity index (χ0v) is 9.20. The van der Waals surface area contributed by atoms with Crippen LogP contribution in [0.1, 0.15) is 33.1 Å². The van der Waals surface area contributed by atoms with E-state index in [4.69, 9.17) is 0 Å². The third-order valence-corrected chi connectivity index (χ3v) is 5.50. The van der Waals surface area contributed by atoms with Gasteiger partial charge < -0.3 is 0 Å². The van der Waals surface area contributed by atoms with Crippen LogP contribution in [0.2, 0.25) is 0 Å². The quantitative estimate of drug-likeness (QED) is 0.557. The Hall–Kier alpha value is 0.430. The molecule has 0 aliphatic heterocycles. The monoisotopic (exact) mass is 162 g/mol. The van der Waals surface area contributed by atoms with Crippen LogP contribution in [0, 0.1) is 0 Å². The molecule has 1 unspecified atom stereocenters. The van der Waals surface area contributed by atoms with E-state index in [9.17, 15) is 0 Å². The van der Waals surface area contributed by atoms with E-state index in [1.165, 1.54) is 19.3 Å². The average Bonchev–Trinajstić information content (AvgIpc) is 1.80. The van der Waals surface area contributed by atoms with Crippen LogP contribution < -0.4 is 0 Å². The fraction of sp³-hybridized carbons (Fsp3) is 1.00. The van der Waals surface area contributed by atoms with E-state index in [1.807, 2.05) is 0 Å². The first-order chi connectivity index (χ1) is 4.52. The Kier molecular flexibility index (Phi) is 4.52. The van der Waals surface area contributed by atoms with Crippen LogP contribution in [0.4, 0.5) is 0 Å². The van der Waals surface area contributed by atoms with Crippen molar-refractivity contribution in [2.75, 3.05) is 20.0 Å². The maximum absolute atomic E-state index is 2.48. The molecule has 0 saturated carbocycles. The molecule has 0 aromatic heterocycles. The second kappa shape index (κ2) is 4.34. The third-order valence-electron chi connectivity index (χ3n) is 2.35. The first kappa shape index (κ1) is 10.4. The van der Waals surface area contributed by atoms with E-state index < -0.39 is 7.26 Å². The van der Waals surface area contributed by atoms with E-state index >= 15 is 0 Å². The molecule has 0 aromatic rings. The Labute approximate surface area is 66.7 Å². The molecular formula is C9H23P. The van der Waals surface area contributed by atoms with Gasteiger partial charge in [0.2, 0.25) is 0 Å². The molecule has 0 aliphatic carbocycles. The molecule has 0 radical (unpaired) electrons. The molecule has 0 spiro atoms. The number of rotatable bonds is 4. The van der Waals surface area contributed by atoms with Crippen LogP contribution in [-0.2, 0) is 0 Å². The van der Waals surface area contributed by atoms with Crippen molar-refractivity contribution in [3.63, 3.8) is 0 Å². The first-order valence-corrected chi connectivity index (χ1v) is 8.10. The van der Waals surface area contributed by atoms with Gasteiger partial charge in [0.1, 0.15) is 0 Å². The first-order valence-electron chi connectivity index (χ1n) is 4.52. The van der Waals surface area contributed by atoms with Gasteiger partial charge in [-0.3, -0.25) is 0 Å². The molecule has 0 fully saturated rings. The molecular weight excluding hydrogens is 139 g/mol. The van der Waals surface area contributed by atoms with Gasteiger partial charge in [-0.1, -0.05) is 0 Å². The summed E-state index contributed by atoms with van der Waals surface area (Å²) in [7, 11) is -0.808. The van der Waals surface area contributed by atoms with Crippen molar-refractivity contribution in [2.24, 2.45) is 0 Å². The number of hydrogen-bond donors (Lipinski definition) is 0. The van der Waals surface area contributed by atoms with Gasteiger partial charge in [0.05, 0.1) is 0 Å². The van der Waals surface area contributed by atoms with E-state index in [0.29, 0.717) is 0 Å². The van der Waals surface area contributed by atoms with Crippen molar-refractivity contribution in [1.29, 1.82) is 0 Å². The zero-order valence-electron chi connectivity index (χ0n) is 8.20. The van der Waals surface area contributed by atoms with Gasteiger partial charge in [-0.2, -0.15) is 0 Å². The summed E-state index contributed by atoms with van der Waals surface area (Å²) in [6.07, 6.45) is 4.21. The molecule has 0 nitrogen and oxygen atoms in total. The van der Waals surface area contributed by atoms with Crippen molar-refractivity contribution >= 4 is 7.26 Å². The van der Waals surface area contributed by atoms with Crippen molar-refractivity contribution in [3.05, 3.63) is 0 Å². The normalized spacial score (nSPS) is 16.9. The molecule has 1 heteroatoms. The van der Waals surface area contributed by atoms with Crippen molar-refractivity contribution in [1.82, 2.24) is 0 Å². The molecule has 10 heavy (non-hydrogen) atoms. The Morgan fingerprint density at radius 1 is 1.10 bits per heavy atom. The fourth-order valence-corrected chi connectivity index (χ4v) is 3.98. The van der Waals surface area contributed by atoms with Crippen LogP contribution in [0.3, 0.4) is 0 Å². The van der Waals surface area contributed by atoms with Gasteiger partial charge in [-0.05, 0) is 0 Å². The van der Waals surface area contributed by atoms with Gasteiger partial charge in [0.25, 0.3) is 0 Å². The van der Waals surface area contributed by atoms with Crippen LogP contribution in [0.15, 0.2) is 0 Å². The van der Waals surface area contributed by atoms with Crippen molar-refractivity contribution < 1.29 is 0 Å². The average molecular weight is 162 g/mol. The van der Waals surface area contributed by atoms with Crippen LogP contribution >= 0.6 is 7.26 Å². The molecule has 64 valence electrons. The summed E-state index contributed by atoms with van der Waals surface area (Å²) >= 11 is 0. The second-order valence-corrected chi connectivity index (χ2v) is 9.81. The fourth-order valence-electron chi connectivity index (χ4n) is 1.60. The topological polar surface area (TPSA) is 0 Å². The summed E-state index contributed by atoms with van der Waals surface area (Å²) in [6.45, 7) is 12.1. The minimum absolute atomic E-state index is 0.808. The Balaban J connectivity index is 3.81. The van der Waals surface area contributed by atoms with Gasteiger partial charge in [0, 0.05) is 0 Å².